The van der Waals surface area contributed by atoms with E-state index in [1.807, 2.05) is 6.07 Å². The lowest BCUT2D eigenvalue weighted by atomic mass is 9.77. The van der Waals surface area contributed by atoms with Crippen molar-refractivity contribution in [3.8, 4) is 5.75 Å². The van der Waals surface area contributed by atoms with Crippen molar-refractivity contribution in [2.75, 3.05) is 31.6 Å². The van der Waals surface area contributed by atoms with Gasteiger partial charge in [0.2, 0.25) is 0 Å². The Bertz CT molecular complexity index is 575. The SMILES string of the molecule is COc1cc2c3c(c1F)C1CCCCCC1CN3CCNC2. The van der Waals surface area contributed by atoms with Crippen molar-refractivity contribution in [3.63, 3.8) is 0 Å². The van der Waals surface area contributed by atoms with Crippen molar-refractivity contribution in [3.05, 3.63) is 23.0 Å². The van der Waals surface area contributed by atoms with Crippen molar-refractivity contribution < 1.29 is 9.13 Å². The third kappa shape index (κ3) is 2.19. The molecule has 0 amide bonds. The van der Waals surface area contributed by atoms with E-state index in [-0.39, 0.29) is 5.82 Å². The molecule has 0 aromatic heterocycles. The average Bonchev–Trinajstić information content (AvgIpc) is 2.88. The van der Waals surface area contributed by atoms with Crippen LogP contribution in [0.3, 0.4) is 0 Å². The summed E-state index contributed by atoms with van der Waals surface area (Å²) < 4.78 is 20.5. The van der Waals surface area contributed by atoms with E-state index in [1.165, 1.54) is 36.9 Å². The maximum atomic E-state index is 15.1. The van der Waals surface area contributed by atoms with Crippen LogP contribution in [0, 0.1) is 11.7 Å². The predicted octanol–water partition coefficient (Wildman–Crippen LogP) is 3.42. The van der Waals surface area contributed by atoms with Gasteiger partial charge in [-0.2, -0.15) is 0 Å². The number of nitrogens with one attached hydrogen (secondary N) is 1. The fourth-order valence-corrected chi connectivity index (χ4v) is 4.69. The summed E-state index contributed by atoms with van der Waals surface area (Å²) in [4.78, 5) is 2.43. The van der Waals surface area contributed by atoms with Crippen LogP contribution in [0.15, 0.2) is 6.07 Å². The Labute approximate surface area is 131 Å². The number of nitrogens with zero attached hydrogens (tertiary/aromatic N) is 1. The minimum atomic E-state index is -0.107. The van der Waals surface area contributed by atoms with Gasteiger partial charge in [-0.3, -0.25) is 0 Å². The summed E-state index contributed by atoms with van der Waals surface area (Å²) in [5.41, 5.74) is 3.33. The molecule has 1 saturated carbocycles. The highest BCUT2D eigenvalue weighted by Crippen LogP contribution is 2.49. The Balaban J connectivity index is 1.90. The summed E-state index contributed by atoms with van der Waals surface area (Å²) in [6.45, 7) is 3.86. The molecule has 1 aliphatic carbocycles. The summed E-state index contributed by atoms with van der Waals surface area (Å²) >= 11 is 0. The molecule has 3 aliphatic rings. The van der Waals surface area contributed by atoms with E-state index in [0.29, 0.717) is 17.6 Å². The van der Waals surface area contributed by atoms with Crippen LogP contribution in [0.2, 0.25) is 0 Å². The molecule has 0 bridgehead atoms. The molecule has 2 aliphatic heterocycles. The number of methoxy groups -OCH3 is 1. The minimum absolute atomic E-state index is 0.107. The van der Waals surface area contributed by atoms with Crippen LogP contribution < -0.4 is 15.0 Å². The van der Waals surface area contributed by atoms with Gasteiger partial charge in [-0.1, -0.05) is 19.3 Å². The molecule has 3 nitrogen and oxygen atoms in total. The van der Waals surface area contributed by atoms with Gasteiger partial charge in [-0.25, -0.2) is 4.39 Å². The van der Waals surface area contributed by atoms with E-state index >= 15 is 4.39 Å². The normalized spacial score (nSPS) is 27.5. The number of rotatable bonds is 1. The summed E-state index contributed by atoms with van der Waals surface area (Å²) in [6.07, 6.45) is 6.18. The minimum Gasteiger partial charge on any atom is -0.494 e. The molecule has 0 saturated heterocycles. The molecule has 4 rings (SSSR count). The second-order valence-electron chi connectivity index (χ2n) is 6.94. The first-order chi connectivity index (χ1) is 10.8. The van der Waals surface area contributed by atoms with Gasteiger partial charge in [0.1, 0.15) is 0 Å². The van der Waals surface area contributed by atoms with E-state index in [2.05, 4.69) is 10.2 Å². The maximum absolute atomic E-state index is 15.1. The van der Waals surface area contributed by atoms with E-state index in [1.54, 1.807) is 7.11 Å². The molecule has 4 heteroatoms. The van der Waals surface area contributed by atoms with Gasteiger partial charge in [-0.05, 0) is 36.3 Å². The number of hydrogen-bond donors (Lipinski definition) is 1. The summed E-state index contributed by atoms with van der Waals surface area (Å²) in [7, 11) is 1.58. The van der Waals surface area contributed by atoms with Gasteiger partial charge >= 0.3 is 0 Å². The monoisotopic (exact) mass is 304 g/mol. The van der Waals surface area contributed by atoms with E-state index < -0.39 is 0 Å². The van der Waals surface area contributed by atoms with E-state index in [4.69, 9.17) is 4.74 Å². The second kappa shape index (κ2) is 5.73. The predicted molar refractivity (Wildman–Crippen MR) is 86.2 cm³/mol. The van der Waals surface area contributed by atoms with Gasteiger partial charge in [0.25, 0.3) is 0 Å². The molecule has 0 spiro atoms. The maximum Gasteiger partial charge on any atom is 0.170 e. The molecule has 120 valence electrons. The zero-order valence-electron chi connectivity index (χ0n) is 13.3. The van der Waals surface area contributed by atoms with Crippen LogP contribution in [0.4, 0.5) is 10.1 Å². The zero-order valence-corrected chi connectivity index (χ0v) is 13.3. The smallest absolute Gasteiger partial charge is 0.170 e. The Hall–Kier alpha value is -1.29. The Morgan fingerprint density at radius 2 is 2.14 bits per heavy atom. The number of anilines is 1. The third-order valence-electron chi connectivity index (χ3n) is 5.71. The fraction of sp³-hybridized carbons (Fsp3) is 0.667. The highest BCUT2D eigenvalue weighted by molar-refractivity contribution is 5.66. The molecular formula is C18H25FN2O. The molecule has 2 unspecified atom stereocenters. The van der Waals surface area contributed by atoms with Crippen molar-refractivity contribution in [1.29, 1.82) is 0 Å². The molecule has 1 aromatic rings. The van der Waals surface area contributed by atoms with Gasteiger partial charge in [0, 0.05) is 37.4 Å². The lowest BCUT2D eigenvalue weighted by molar-refractivity contribution is 0.349. The van der Waals surface area contributed by atoms with E-state index in [9.17, 15) is 0 Å². The van der Waals surface area contributed by atoms with Crippen molar-refractivity contribution in [1.82, 2.24) is 5.32 Å². The molecule has 0 radical (unpaired) electrons. The first-order valence-electron chi connectivity index (χ1n) is 8.64. The summed E-state index contributed by atoms with van der Waals surface area (Å²) in [5.74, 6) is 1.29. The Kier molecular flexibility index (Phi) is 3.73. The van der Waals surface area contributed by atoms with Crippen molar-refractivity contribution in [2.24, 2.45) is 5.92 Å². The van der Waals surface area contributed by atoms with Crippen LogP contribution in [-0.4, -0.2) is 26.7 Å². The van der Waals surface area contributed by atoms with Crippen LogP contribution in [0.25, 0.3) is 0 Å². The van der Waals surface area contributed by atoms with E-state index in [0.717, 1.165) is 38.2 Å². The molecular weight excluding hydrogens is 279 g/mol. The lowest BCUT2D eigenvalue weighted by Gasteiger charge is -2.41. The molecule has 2 heterocycles. The van der Waals surface area contributed by atoms with Crippen LogP contribution >= 0.6 is 0 Å². The lowest BCUT2D eigenvalue weighted by Crippen LogP contribution is -2.40. The molecule has 2 atom stereocenters. The third-order valence-corrected chi connectivity index (χ3v) is 5.71. The average molecular weight is 304 g/mol. The number of ether oxygens (including phenoxy) is 1. The summed E-state index contributed by atoms with van der Waals surface area (Å²) in [5, 5.41) is 3.47. The van der Waals surface area contributed by atoms with Gasteiger partial charge in [0.05, 0.1) is 7.11 Å². The topological polar surface area (TPSA) is 24.5 Å². The molecule has 1 aromatic carbocycles. The quantitative estimate of drug-likeness (QED) is 0.860. The largest absolute Gasteiger partial charge is 0.494 e. The van der Waals surface area contributed by atoms with Gasteiger partial charge in [-0.15, -0.1) is 0 Å². The number of fused-ring (bicyclic) bond motifs is 2. The fourth-order valence-electron chi connectivity index (χ4n) is 4.69. The molecule has 1 N–H and O–H groups in total. The Morgan fingerprint density at radius 1 is 1.27 bits per heavy atom. The highest BCUT2D eigenvalue weighted by Gasteiger charge is 2.39. The van der Waals surface area contributed by atoms with Gasteiger partial charge in [0.15, 0.2) is 11.6 Å². The van der Waals surface area contributed by atoms with Gasteiger partial charge < -0.3 is 15.0 Å². The standard InChI is InChI=1S/C18H25FN2O/c1-22-15-9-13-10-20-7-8-21-11-12-5-3-2-4-6-14(12)16(17(15)19)18(13)21/h9,12,14,20H,2-8,10-11H2,1H3. The number of hydrogen-bond acceptors (Lipinski definition) is 3. The highest BCUT2D eigenvalue weighted by atomic mass is 19.1. The van der Waals surface area contributed by atoms with Crippen molar-refractivity contribution >= 4 is 5.69 Å². The van der Waals surface area contributed by atoms with Crippen LogP contribution in [0.5, 0.6) is 5.75 Å². The number of benzene rings is 1. The van der Waals surface area contributed by atoms with Crippen LogP contribution in [0.1, 0.15) is 49.1 Å². The molecule has 22 heavy (non-hydrogen) atoms. The second-order valence-corrected chi connectivity index (χ2v) is 6.94. The molecule has 1 fully saturated rings. The number of halogens is 1. The zero-order chi connectivity index (χ0) is 15.1. The Morgan fingerprint density at radius 3 is 3.00 bits per heavy atom. The first kappa shape index (κ1) is 14.3. The first-order valence-corrected chi connectivity index (χ1v) is 8.64. The van der Waals surface area contributed by atoms with Crippen molar-refractivity contribution in [2.45, 2.75) is 44.6 Å². The summed E-state index contributed by atoms with van der Waals surface area (Å²) in [6, 6.07) is 1.90. The van der Waals surface area contributed by atoms with Crippen LogP contribution in [-0.2, 0) is 6.54 Å².